The van der Waals surface area contributed by atoms with E-state index in [4.69, 9.17) is 10.00 Å². The minimum absolute atomic E-state index is 0.545. The smallest absolute Gasteiger partial charge is 0.151 e. The molecule has 1 aromatic heterocycles. The molecule has 0 spiro atoms. The van der Waals surface area contributed by atoms with Gasteiger partial charge in [-0.2, -0.15) is 5.26 Å². The topological polar surface area (TPSA) is 49.2 Å². The molecule has 0 fully saturated rings. The van der Waals surface area contributed by atoms with Gasteiger partial charge in [0.05, 0.1) is 28.3 Å². The molecule has 0 bridgehead atoms. The van der Waals surface area contributed by atoms with Gasteiger partial charge >= 0.3 is 0 Å². The van der Waals surface area contributed by atoms with Crippen molar-refractivity contribution in [3.63, 3.8) is 0 Å². The zero-order valence-corrected chi connectivity index (χ0v) is 18.2. The zero-order valence-electron chi connectivity index (χ0n) is 18.2. The molecule has 1 aliphatic heterocycles. The van der Waals surface area contributed by atoms with Crippen LogP contribution in [0.1, 0.15) is 5.56 Å². The Morgan fingerprint density at radius 3 is 1.76 bits per heavy atom. The number of benzene rings is 4. The van der Waals surface area contributed by atoms with Crippen molar-refractivity contribution in [2.75, 3.05) is 4.90 Å². The van der Waals surface area contributed by atoms with Gasteiger partial charge in [0.15, 0.2) is 11.5 Å². The van der Waals surface area contributed by atoms with Crippen molar-refractivity contribution in [1.29, 1.82) is 5.26 Å². The molecule has 0 saturated heterocycles. The summed E-state index contributed by atoms with van der Waals surface area (Å²) in [6.45, 7) is 0. The lowest BCUT2D eigenvalue weighted by Crippen LogP contribution is -2.16. The lowest BCUT2D eigenvalue weighted by atomic mass is 9.94. The number of hydrogen-bond donors (Lipinski definition) is 0. The first-order valence-corrected chi connectivity index (χ1v) is 11.0. The number of rotatable bonds is 3. The molecular formula is C30H19N3O. The maximum Gasteiger partial charge on any atom is 0.151 e. The van der Waals surface area contributed by atoms with E-state index in [1.165, 1.54) is 0 Å². The first-order chi connectivity index (χ1) is 16.8. The highest BCUT2D eigenvalue weighted by Crippen LogP contribution is 2.52. The van der Waals surface area contributed by atoms with Gasteiger partial charge in [0, 0.05) is 17.3 Å². The van der Waals surface area contributed by atoms with Gasteiger partial charge in [0.25, 0.3) is 0 Å². The van der Waals surface area contributed by atoms with E-state index in [1.807, 2.05) is 54.6 Å². The number of nitriles is 1. The van der Waals surface area contributed by atoms with Crippen LogP contribution in [0.2, 0.25) is 0 Å². The Labute approximate surface area is 198 Å². The summed E-state index contributed by atoms with van der Waals surface area (Å²) < 4.78 is 6.21. The summed E-state index contributed by atoms with van der Waals surface area (Å²) in [4.78, 5) is 6.82. The van der Waals surface area contributed by atoms with Crippen molar-refractivity contribution < 1.29 is 4.74 Å². The third-order valence-corrected chi connectivity index (χ3v) is 5.96. The third-order valence-electron chi connectivity index (χ3n) is 5.96. The van der Waals surface area contributed by atoms with E-state index in [9.17, 15) is 0 Å². The Hall–Kier alpha value is -4.88. The Bertz CT molecular complexity index is 1500. The molecule has 0 N–H and O–H groups in total. The van der Waals surface area contributed by atoms with Crippen LogP contribution in [0.25, 0.3) is 22.4 Å². The van der Waals surface area contributed by atoms with Crippen molar-refractivity contribution >= 4 is 17.1 Å². The molecule has 4 nitrogen and oxygen atoms in total. The number of anilines is 3. The van der Waals surface area contributed by atoms with Crippen LogP contribution >= 0.6 is 0 Å². The van der Waals surface area contributed by atoms with E-state index in [1.54, 1.807) is 12.3 Å². The van der Waals surface area contributed by atoms with Gasteiger partial charge < -0.3 is 9.64 Å². The Morgan fingerprint density at radius 2 is 1.15 bits per heavy atom. The highest BCUT2D eigenvalue weighted by atomic mass is 16.5. The molecule has 34 heavy (non-hydrogen) atoms. The second-order valence-corrected chi connectivity index (χ2v) is 7.98. The van der Waals surface area contributed by atoms with Gasteiger partial charge in [0.2, 0.25) is 0 Å². The van der Waals surface area contributed by atoms with E-state index >= 15 is 0 Å². The third kappa shape index (κ3) is 3.28. The predicted molar refractivity (Wildman–Crippen MR) is 135 cm³/mol. The van der Waals surface area contributed by atoms with Crippen LogP contribution in [0.4, 0.5) is 17.1 Å². The number of aromatic nitrogens is 1. The summed E-state index contributed by atoms with van der Waals surface area (Å²) in [5.41, 5.74) is 7.55. The standard InChI is InChI=1S/C30H19N3O/c31-19-21-17-18-25(32-20-21)23-10-2-1-9-22(23)24-11-3-4-12-26(24)33-27-13-5-7-15-29(27)34-30-16-8-6-14-28(30)33/h1-18,20H. The molecule has 0 aliphatic carbocycles. The summed E-state index contributed by atoms with van der Waals surface area (Å²) in [5, 5.41) is 9.17. The molecule has 4 aromatic carbocycles. The van der Waals surface area contributed by atoms with E-state index < -0.39 is 0 Å². The average Bonchev–Trinajstić information content (AvgIpc) is 2.92. The van der Waals surface area contributed by atoms with Crippen LogP contribution in [0, 0.1) is 11.3 Å². The maximum atomic E-state index is 9.17. The number of ether oxygens (including phenoxy) is 1. The van der Waals surface area contributed by atoms with Crippen LogP contribution in [0.15, 0.2) is 115 Å². The van der Waals surface area contributed by atoms with E-state index in [0.29, 0.717) is 5.56 Å². The number of para-hydroxylation sites is 5. The monoisotopic (exact) mass is 437 g/mol. The molecule has 0 radical (unpaired) electrons. The minimum Gasteiger partial charge on any atom is -0.453 e. The lowest BCUT2D eigenvalue weighted by Gasteiger charge is -2.34. The van der Waals surface area contributed by atoms with Crippen LogP contribution < -0.4 is 9.64 Å². The molecule has 0 saturated carbocycles. The van der Waals surface area contributed by atoms with Gasteiger partial charge in [-0.15, -0.1) is 0 Å². The number of hydrogen-bond acceptors (Lipinski definition) is 4. The quantitative estimate of drug-likeness (QED) is 0.283. The summed E-state index contributed by atoms with van der Waals surface area (Å²) in [7, 11) is 0. The molecule has 1 aliphatic rings. The molecular weight excluding hydrogens is 418 g/mol. The van der Waals surface area contributed by atoms with E-state index in [-0.39, 0.29) is 0 Å². The van der Waals surface area contributed by atoms with E-state index in [2.05, 4.69) is 64.5 Å². The number of nitrogens with zero attached hydrogens (tertiary/aromatic N) is 3. The summed E-state index contributed by atoms with van der Waals surface area (Å²) in [6.07, 6.45) is 1.62. The Balaban J connectivity index is 1.57. The first-order valence-electron chi connectivity index (χ1n) is 11.0. The fourth-order valence-corrected chi connectivity index (χ4v) is 4.42. The molecule has 4 heteroatoms. The van der Waals surface area contributed by atoms with Crippen molar-refractivity contribution in [2.45, 2.75) is 0 Å². The van der Waals surface area contributed by atoms with Gasteiger partial charge in [-0.1, -0.05) is 66.7 Å². The second kappa shape index (κ2) is 8.23. The molecule has 0 atom stereocenters. The largest absolute Gasteiger partial charge is 0.453 e. The summed E-state index contributed by atoms with van der Waals surface area (Å²) >= 11 is 0. The van der Waals surface area contributed by atoms with Crippen molar-refractivity contribution in [2.24, 2.45) is 0 Å². The highest BCUT2D eigenvalue weighted by Gasteiger charge is 2.27. The van der Waals surface area contributed by atoms with Crippen molar-refractivity contribution in [3.05, 3.63) is 121 Å². The summed E-state index contributed by atoms with van der Waals surface area (Å²) in [5.74, 6) is 1.64. The lowest BCUT2D eigenvalue weighted by molar-refractivity contribution is 0.477. The van der Waals surface area contributed by atoms with Gasteiger partial charge in [-0.05, 0) is 48.0 Å². The van der Waals surface area contributed by atoms with Crippen LogP contribution in [-0.4, -0.2) is 4.98 Å². The Kier molecular flexibility index (Phi) is 4.79. The highest BCUT2D eigenvalue weighted by molar-refractivity contribution is 5.96. The molecule has 5 aromatic rings. The average molecular weight is 438 g/mol. The van der Waals surface area contributed by atoms with E-state index in [0.717, 1.165) is 50.9 Å². The van der Waals surface area contributed by atoms with Crippen molar-refractivity contribution in [1.82, 2.24) is 4.98 Å². The SMILES string of the molecule is N#Cc1ccc(-c2ccccc2-c2ccccc2N2c3ccccc3Oc3ccccc32)nc1. The molecule has 160 valence electrons. The van der Waals surface area contributed by atoms with Crippen LogP contribution in [0.3, 0.4) is 0 Å². The second-order valence-electron chi connectivity index (χ2n) is 7.98. The molecule has 2 heterocycles. The fourth-order valence-electron chi connectivity index (χ4n) is 4.42. The van der Waals surface area contributed by atoms with Crippen LogP contribution in [0.5, 0.6) is 11.5 Å². The predicted octanol–water partition coefficient (Wildman–Crippen LogP) is 7.86. The fraction of sp³-hybridized carbons (Fsp3) is 0. The molecule has 0 amide bonds. The van der Waals surface area contributed by atoms with Gasteiger partial charge in [-0.25, -0.2) is 0 Å². The number of pyridine rings is 1. The zero-order chi connectivity index (χ0) is 22.9. The molecule has 0 unspecified atom stereocenters. The van der Waals surface area contributed by atoms with Crippen LogP contribution in [-0.2, 0) is 0 Å². The summed E-state index contributed by atoms with van der Waals surface area (Å²) in [6, 6.07) is 38.7. The molecule has 6 rings (SSSR count). The first kappa shape index (κ1) is 19.8. The minimum atomic E-state index is 0.545. The van der Waals surface area contributed by atoms with Gasteiger partial charge in [0.1, 0.15) is 6.07 Å². The van der Waals surface area contributed by atoms with Gasteiger partial charge in [-0.3, -0.25) is 4.98 Å². The maximum absolute atomic E-state index is 9.17. The Morgan fingerprint density at radius 1 is 0.588 bits per heavy atom. The van der Waals surface area contributed by atoms with Crippen molar-refractivity contribution in [3.8, 4) is 40.0 Å². The number of fused-ring (bicyclic) bond motifs is 2. The normalized spacial score (nSPS) is 11.7.